The van der Waals surface area contributed by atoms with Crippen molar-refractivity contribution in [2.75, 3.05) is 30.9 Å². The van der Waals surface area contributed by atoms with Crippen LogP contribution in [0.2, 0.25) is 0 Å². The fraction of sp³-hybridized carbons (Fsp3) is 0.625. The van der Waals surface area contributed by atoms with Crippen LogP contribution in [0.4, 0.5) is 0 Å². The fourth-order valence-corrected chi connectivity index (χ4v) is 5.77. The van der Waals surface area contributed by atoms with Crippen molar-refractivity contribution in [2.45, 2.75) is 31.1 Å². The zero-order valence-corrected chi connectivity index (χ0v) is 16.0. The zero-order valence-electron chi connectivity index (χ0n) is 12.7. The molecule has 1 fully saturated rings. The topological polar surface area (TPSA) is 21.3 Å². The van der Waals surface area contributed by atoms with Crippen molar-refractivity contribution in [1.82, 2.24) is 5.32 Å². The molecule has 2 nitrogen and oxygen atoms in total. The van der Waals surface area contributed by atoms with Crippen molar-refractivity contribution in [3.63, 3.8) is 0 Å². The number of hydrogen-bond donors (Lipinski definition) is 1. The molecule has 1 aliphatic heterocycles. The number of rotatable bonds is 7. The molecule has 118 valence electrons. The molecule has 0 saturated carbocycles. The predicted octanol–water partition coefficient (Wildman–Crippen LogP) is 4.22. The maximum atomic E-state index is 5.37. The van der Waals surface area contributed by atoms with Gasteiger partial charge in [0.15, 0.2) is 0 Å². The van der Waals surface area contributed by atoms with Gasteiger partial charge >= 0.3 is 0 Å². The van der Waals surface area contributed by atoms with Crippen LogP contribution in [0.1, 0.15) is 18.9 Å². The Hall–Kier alpha value is 0.160. The lowest BCUT2D eigenvalue weighted by Crippen LogP contribution is -2.43. The average molecular weight is 390 g/mol. The molecular weight excluding hydrogens is 366 g/mol. The lowest BCUT2D eigenvalue weighted by Gasteiger charge is -2.31. The first-order valence-corrected chi connectivity index (χ1v) is 10.5. The Morgan fingerprint density at radius 2 is 2.29 bits per heavy atom. The molecular formula is C16H24BrNOS2. The van der Waals surface area contributed by atoms with Crippen molar-refractivity contribution in [1.29, 1.82) is 0 Å². The van der Waals surface area contributed by atoms with Gasteiger partial charge in [-0.05, 0) is 43.1 Å². The van der Waals surface area contributed by atoms with Gasteiger partial charge < -0.3 is 10.1 Å². The van der Waals surface area contributed by atoms with Crippen LogP contribution in [0.25, 0.3) is 0 Å². The normalized spacial score (nSPS) is 20.2. The van der Waals surface area contributed by atoms with Gasteiger partial charge in [0.2, 0.25) is 0 Å². The Morgan fingerprint density at radius 1 is 1.43 bits per heavy atom. The van der Waals surface area contributed by atoms with Gasteiger partial charge in [0.1, 0.15) is 5.75 Å². The summed E-state index contributed by atoms with van der Waals surface area (Å²) in [6.07, 6.45) is 2.23. The summed E-state index contributed by atoms with van der Waals surface area (Å²) in [6.45, 7) is 3.32. The van der Waals surface area contributed by atoms with E-state index in [1.165, 1.54) is 33.7 Å². The molecule has 0 spiro atoms. The minimum absolute atomic E-state index is 0.533. The van der Waals surface area contributed by atoms with Crippen LogP contribution in [0.15, 0.2) is 22.7 Å². The maximum absolute atomic E-state index is 5.37. The predicted molar refractivity (Wildman–Crippen MR) is 100 cm³/mol. The lowest BCUT2D eigenvalue weighted by molar-refractivity contribution is 0.413. The summed E-state index contributed by atoms with van der Waals surface area (Å²) in [5, 5.41) is 4.46. The minimum atomic E-state index is 0.533. The minimum Gasteiger partial charge on any atom is -0.497 e. The van der Waals surface area contributed by atoms with Gasteiger partial charge in [0.25, 0.3) is 0 Å². The maximum Gasteiger partial charge on any atom is 0.119 e. The third-order valence-corrected chi connectivity index (χ3v) is 7.33. The Kier molecular flexibility index (Phi) is 7.78. The third kappa shape index (κ3) is 5.38. The first kappa shape index (κ1) is 17.5. The molecule has 1 N–H and O–H groups in total. The Morgan fingerprint density at radius 3 is 2.95 bits per heavy atom. The first-order valence-electron chi connectivity index (χ1n) is 7.49. The molecule has 1 aromatic carbocycles. The van der Waals surface area contributed by atoms with Crippen molar-refractivity contribution in [2.24, 2.45) is 0 Å². The molecule has 1 saturated heterocycles. The fourth-order valence-electron chi connectivity index (χ4n) is 2.47. The standard InChI is InChI=1S/C16H24BrNOS2/c1-3-6-18-15(16-11-20-7-8-21-16)10-12-9-13(19-2)4-5-14(12)17/h4-5,9,15-16,18H,3,6-8,10-11H2,1-2H3. The summed E-state index contributed by atoms with van der Waals surface area (Å²) < 4.78 is 6.55. The zero-order chi connectivity index (χ0) is 15.1. The summed E-state index contributed by atoms with van der Waals surface area (Å²) in [7, 11) is 1.73. The quantitative estimate of drug-likeness (QED) is 0.752. The number of thioether (sulfide) groups is 2. The number of ether oxygens (including phenoxy) is 1. The van der Waals surface area contributed by atoms with E-state index in [9.17, 15) is 0 Å². The summed E-state index contributed by atoms with van der Waals surface area (Å²) in [6, 6.07) is 6.79. The van der Waals surface area contributed by atoms with Crippen molar-refractivity contribution in [3.05, 3.63) is 28.2 Å². The summed E-state index contributed by atoms with van der Waals surface area (Å²) in [5.74, 6) is 4.77. The van der Waals surface area contributed by atoms with E-state index in [4.69, 9.17) is 4.74 Å². The highest BCUT2D eigenvalue weighted by Crippen LogP contribution is 2.30. The van der Waals surface area contributed by atoms with Gasteiger partial charge in [-0.25, -0.2) is 0 Å². The van der Waals surface area contributed by atoms with Crippen LogP contribution < -0.4 is 10.1 Å². The van der Waals surface area contributed by atoms with E-state index < -0.39 is 0 Å². The van der Waals surface area contributed by atoms with Crippen molar-refractivity contribution < 1.29 is 4.74 Å². The second kappa shape index (κ2) is 9.33. The van der Waals surface area contributed by atoms with Crippen molar-refractivity contribution in [3.8, 4) is 5.75 Å². The van der Waals surface area contributed by atoms with Gasteiger partial charge in [-0.3, -0.25) is 0 Å². The molecule has 0 radical (unpaired) electrons. The summed E-state index contributed by atoms with van der Waals surface area (Å²) >= 11 is 7.90. The number of hydrogen-bond acceptors (Lipinski definition) is 4. The van der Waals surface area contributed by atoms with Gasteiger partial charge in [-0.15, -0.1) is 0 Å². The molecule has 0 aromatic heterocycles. The van der Waals surface area contributed by atoms with Crippen LogP contribution >= 0.6 is 39.5 Å². The molecule has 2 rings (SSSR count). The highest BCUT2D eigenvalue weighted by atomic mass is 79.9. The lowest BCUT2D eigenvalue weighted by atomic mass is 10.0. The summed E-state index contributed by atoms with van der Waals surface area (Å²) in [4.78, 5) is 0. The number of benzene rings is 1. The number of nitrogens with one attached hydrogen (secondary N) is 1. The van der Waals surface area contributed by atoms with Crippen LogP contribution in [0.3, 0.4) is 0 Å². The second-order valence-corrected chi connectivity index (χ2v) is 8.56. The number of halogens is 1. The molecule has 0 aliphatic carbocycles. The van der Waals surface area contributed by atoms with Crippen LogP contribution in [0, 0.1) is 0 Å². The monoisotopic (exact) mass is 389 g/mol. The Labute approximate surface area is 145 Å². The molecule has 2 atom stereocenters. The molecule has 21 heavy (non-hydrogen) atoms. The molecule has 1 aliphatic rings. The molecule has 1 heterocycles. The van der Waals surface area contributed by atoms with Crippen molar-refractivity contribution >= 4 is 39.5 Å². The Bertz CT molecular complexity index is 438. The highest BCUT2D eigenvalue weighted by molar-refractivity contribution is 9.10. The van der Waals surface area contributed by atoms with E-state index >= 15 is 0 Å². The number of methoxy groups -OCH3 is 1. The summed E-state index contributed by atoms with van der Waals surface area (Å²) in [5.41, 5.74) is 1.33. The molecule has 1 aromatic rings. The van der Waals surface area contributed by atoms with E-state index in [0.29, 0.717) is 11.3 Å². The van der Waals surface area contributed by atoms with Crippen LogP contribution in [-0.2, 0) is 6.42 Å². The van der Waals surface area contributed by atoms with Crippen LogP contribution in [0.5, 0.6) is 5.75 Å². The highest BCUT2D eigenvalue weighted by Gasteiger charge is 2.25. The molecule has 2 unspecified atom stereocenters. The first-order chi connectivity index (χ1) is 10.2. The SMILES string of the molecule is CCCNC(Cc1cc(OC)ccc1Br)C1CSCCS1. The molecule has 0 amide bonds. The van der Waals surface area contributed by atoms with Gasteiger partial charge in [0.05, 0.1) is 7.11 Å². The average Bonchev–Trinajstić information content (AvgIpc) is 2.54. The van der Waals surface area contributed by atoms with E-state index in [1.54, 1.807) is 7.11 Å². The third-order valence-electron chi connectivity index (χ3n) is 3.64. The van der Waals surface area contributed by atoms with E-state index in [0.717, 1.165) is 18.7 Å². The van der Waals surface area contributed by atoms with E-state index in [2.05, 4.69) is 63.8 Å². The second-order valence-electron chi connectivity index (χ2n) is 5.21. The molecule has 0 bridgehead atoms. The molecule has 5 heteroatoms. The Balaban J connectivity index is 2.09. The van der Waals surface area contributed by atoms with E-state index in [-0.39, 0.29) is 0 Å². The van der Waals surface area contributed by atoms with Gasteiger partial charge in [0, 0.05) is 33.0 Å². The van der Waals surface area contributed by atoms with Gasteiger partial charge in [-0.1, -0.05) is 22.9 Å². The van der Waals surface area contributed by atoms with E-state index in [1.807, 2.05) is 6.07 Å². The smallest absolute Gasteiger partial charge is 0.119 e. The van der Waals surface area contributed by atoms with Gasteiger partial charge in [-0.2, -0.15) is 23.5 Å². The van der Waals surface area contributed by atoms with Crippen LogP contribution in [-0.4, -0.2) is 42.2 Å². The largest absolute Gasteiger partial charge is 0.497 e.